The van der Waals surface area contributed by atoms with E-state index >= 15 is 0 Å². The zero-order valence-electron chi connectivity index (χ0n) is 13.2. The Morgan fingerprint density at radius 1 is 1.24 bits per heavy atom. The number of hydrogen-bond donors (Lipinski definition) is 2. The van der Waals surface area contributed by atoms with Crippen LogP contribution in [0.1, 0.15) is 41.3 Å². The normalized spacial score (nSPS) is 12.9. The molecule has 0 spiro atoms. The number of nitrogens with zero attached hydrogens (tertiary/aromatic N) is 4. The molecule has 0 bridgehead atoms. The fourth-order valence-corrected chi connectivity index (χ4v) is 3.01. The Bertz CT molecular complexity index is 642. The maximum Gasteiger partial charge on any atom is 0.0847 e. The SMILES string of the molecule is CCn1nc(C)c(Cl)c1CC(NN)c1c(C)nn(C)c1C. The first-order valence-electron chi connectivity index (χ1n) is 7.08. The predicted octanol–water partition coefficient (Wildman–Crippen LogP) is 1.96. The molecule has 6 nitrogen and oxygen atoms in total. The van der Waals surface area contributed by atoms with Crippen molar-refractivity contribution in [1.82, 2.24) is 25.0 Å². The largest absolute Gasteiger partial charge is 0.272 e. The van der Waals surface area contributed by atoms with Crippen molar-refractivity contribution in [2.45, 2.75) is 46.7 Å². The molecule has 2 rings (SSSR count). The Morgan fingerprint density at radius 3 is 2.38 bits per heavy atom. The quantitative estimate of drug-likeness (QED) is 0.654. The topological polar surface area (TPSA) is 73.7 Å². The number of hydrogen-bond acceptors (Lipinski definition) is 4. The zero-order chi connectivity index (χ0) is 15.7. The number of halogens is 1. The first kappa shape index (κ1) is 16.0. The Hall–Kier alpha value is -1.37. The van der Waals surface area contributed by atoms with Crippen LogP contribution in [0.25, 0.3) is 0 Å². The van der Waals surface area contributed by atoms with Crippen molar-refractivity contribution in [2.75, 3.05) is 0 Å². The fourth-order valence-electron chi connectivity index (χ4n) is 2.80. The minimum Gasteiger partial charge on any atom is -0.272 e. The van der Waals surface area contributed by atoms with Crippen LogP contribution in [0.3, 0.4) is 0 Å². The summed E-state index contributed by atoms with van der Waals surface area (Å²) in [6, 6.07) is -0.0439. The van der Waals surface area contributed by atoms with Crippen molar-refractivity contribution in [3.05, 3.63) is 33.4 Å². The van der Waals surface area contributed by atoms with E-state index in [1.54, 1.807) is 0 Å². The van der Waals surface area contributed by atoms with Crippen molar-refractivity contribution in [1.29, 1.82) is 0 Å². The number of nitrogens with two attached hydrogens (primary N) is 1. The third-order valence-electron chi connectivity index (χ3n) is 3.96. The summed E-state index contributed by atoms with van der Waals surface area (Å²) >= 11 is 6.39. The second kappa shape index (κ2) is 6.17. The van der Waals surface area contributed by atoms with Crippen LogP contribution >= 0.6 is 11.6 Å². The maximum absolute atomic E-state index is 6.39. The van der Waals surface area contributed by atoms with Crippen LogP contribution < -0.4 is 11.3 Å². The molecule has 7 heteroatoms. The summed E-state index contributed by atoms with van der Waals surface area (Å²) in [5.41, 5.74) is 7.95. The second-order valence-electron chi connectivity index (χ2n) is 5.29. The van der Waals surface area contributed by atoms with E-state index in [4.69, 9.17) is 17.4 Å². The van der Waals surface area contributed by atoms with Crippen molar-refractivity contribution < 1.29 is 0 Å². The fraction of sp³-hybridized carbons (Fsp3) is 0.571. The summed E-state index contributed by atoms with van der Waals surface area (Å²) in [5, 5.41) is 9.63. The Balaban J connectivity index is 2.40. The van der Waals surface area contributed by atoms with Gasteiger partial charge in [-0.1, -0.05) is 11.6 Å². The highest BCUT2D eigenvalue weighted by atomic mass is 35.5. The molecule has 0 aliphatic rings. The third kappa shape index (κ3) is 2.84. The van der Waals surface area contributed by atoms with Gasteiger partial charge in [-0.25, -0.2) is 0 Å². The van der Waals surface area contributed by atoms with E-state index in [-0.39, 0.29) is 6.04 Å². The number of nitrogens with one attached hydrogen (secondary N) is 1. The van der Waals surface area contributed by atoms with Gasteiger partial charge in [0, 0.05) is 31.3 Å². The van der Waals surface area contributed by atoms with E-state index in [1.165, 1.54) is 0 Å². The van der Waals surface area contributed by atoms with E-state index in [0.29, 0.717) is 6.42 Å². The maximum atomic E-state index is 6.39. The molecule has 3 N–H and O–H groups in total. The van der Waals surface area contributed by atoms with Gasteiger partial charge in [0.05, 0.1) is 28.1 Å². The average molecular weight is 311 g/mol. The van der Waals surface area contributed by atoms with Crippen LogP contribution in [0.2, 0.25) is 5.02 Å². The number of rotatable bonds is 5. The van der Waals surface area contributed by atoms with Gasteiger partial charge in [-0.2, -0.15) is 10.2 Å². The van der Waals surface area contributed by atoms with Crippen LogP contribution in [-0.4, -0.2) is 19.6 Å². The molecule has 0 amide bonds. The van der Waals surface area contributed by atoms with Gasteiger partial charge in [-0.05, 0) is 27.7 Å². The zero-order valence-corrected chi connectivity index (χ0v) is 14.0. The van der Waals surface area contributed by atoms with Gasteiger partial charge >= 0.3 is 0 Å². The lowest BCUT2D eigenvalue weighted by atomic mass is 10.0. The summed E-state index contributed by atoms with van der Waals surface area (Å²) in [5.74, 6) is 5.79. The first-order chi connectivity index (χ1) is 9.90. The number of aromatic nitrogens is 4. The van der Waals surface area contributed by atoms with E-state index in [2.05, 4.69) is 22.5 Å². The molecule has 1 unspecified atom stereocenters. The predicted molar refractivity (Wildman–Crippen MR) is 84.1 cm³/mol. The molecule has 116 valence electrons. The molecule has 2 aromatic heterocycles. The molecule has 0 aliphatic carbocycles. The standard InChI is InChI=1S/C14H23ClN6/c1-6-21-12(14(15)9(3)19-21)7-11(17-16)13-8(2)18-20(5)10(13)4/h11,17H,6-7,16H2,1-5H3. The molecular formula is C14H23ClN6. The van der Waals surface area contributed by atoms with Crippen molar-refractivity contribution in [3.63, 3.8) is 0 Å². The second-order valence-corrected chi connectivity index (χ2v) is 5.67. The van der Waals surface area contributed by atoms with E-state index in [9.17, 15) is 0 Å². The van der Waals surface area contributed by atoms with Crippen LogP contribution in [0.15, 0.2) is 0 Å². The number of hydrazine groups is 1. The third-order valence-corrected chi connectivity index (χ3v) is 4.46. The van der Waals surface area contributed by atoms with Gasteiger partial charge in [0.25, 0.3) is 0 Å². The summed E-state index contributed by atoms with van der Waals surface area (Å²) in [7, 11) is 1.94. The lowest BCUT2D eigenvalue weighted by Crippen LogP contribution is -2.31. The summed E-state index contributed by atoms with van der Waals surface area (Å²) in [4.78, 5) is 0. The molecular weight excluding hydrogens is 288 g/mol. The summed E-state index contributed by atoms with van der Waals surface area (Å²) < 4.78 is 3.81. The monoisotopic (exact) mass is 310 g/mol. The molecule has 0 fully saturated rings. The highest BCUT2D eigenvalue weighted by Crippen LogP contribution is 2.28. The van der Waals surface area contributed by atoms with Gasteiger partial charge < -0.3 is 0 Å². The van der Waals surface area contributed by atoms with E-state index in [0.717, 1.165) is 39.9 Å². The molecule has 0 aliphatic heterocycles. The highest BCUT2D eigenvalue weighted by Gasteiger charge is 2.23. The molecule has 0 radical (unpaired) electrons. The molecule has 2 aromatic rings. The lowest BCUT2D eigenvalue weighted by molar-refractivity contribution is 0.513. The van der Waals surface area contributed by atoms with Crippen molar-refractivity contribution >= 4 is 11.6 Å². The minimum absolute atomic E-state index is 0.0439. The van der Waals surface area contributed by atoms with Gasteiger partial charge in [0.2, 0.25) is 0 Å². The lowest BCUT2D eigenvalue weighted by Gasteiger charge is -2.18. The van der Waals surface area contributed by atoms with Crippen molar-refractivity contribution in [3.8, 4) is 0 Å². The smallest absolute Gasteiger partial charge is 0.0847 e. The first-order valence-corrected chi connectivity index (χ1v) is 7.46. The van der Waals surface area contributed by atoms with Crippen LogP contribution in [0.4, 0.5) is 0 Å². The highest BCUT2D eigenvalue weighted by molar-refractivity contribution is 6.31. The number of aryl methyl sites for hydroxylation is 4. The van der Waals surface area contributed by atoms with Crippen LogP contribution in [-0.2, 0) is 20.0 Å². The van der Waals surface area contributed by atoms with E-state index < -0.39 is 0 Å². The average Bonchev–Trinajstić information content (AvgIpc) is 2.86. The molecule has 1 atom stereocenters. The molecule has 0 saturated carbocycles. The van der Waals surface area contributed by atoms with Crippen LogP contribution in [0.5, 0.6) is 0 Å². The molecule has 0 aromatic carbocycles. The summed E-state index contributed by atoms with van der Waals surface area (Å²) in [6.07, 6.45) is 0.678. The van der Waals surface area contributed by atoms with Gasteiger partial charge in [0.1, 0.15) is 0 Å². The van der Waals surface area contributed by atoms with Gasteiger partial charge in [0.15, 0.2) is 0 Å². The van der Waals surface area contributed by atoms with Gasteiger partial charge in [-0.3, -0.25) is 20.6 Å². The van der Waals surface area contributed by atoms with Crippen molar-refractivity contribution in [2.24, 2.45) is 12.9 Å². The Labute approximate surface area is 130 Å². The van der Waals surface area contributed by atoms with Gasteiger partial charge in [-0.15, -0.1) is 0 Å². The Kier molecular flexibility index (Phi) is 4.70. The molecule has 21 heavy (non-hydrogen) atoms. The summed E-state index contributed by atoms with van der Waals surface area (Å²) in [6.45, 7) is 8.80. The molecule has 0 saturated heterocycles. The Morgan fingerprint density at radius 2 is 1.90 bits per heavy atom. The van der Waals surface area contributed by atoms with E-state index in [1.807, 2.05) is 37.2 Å². The minimum atomic E-state index is -0.0439. The molecule has 2 heterocycles. The van der Waals surface area contributed by atoms with Crippen LogP contribution in [0, 0.1) is 20.8 Å².